The van der Waals surface area contributed by atoms with Gasteiger partial charge in [-0.05, 0) is 93.1 Å². The third kappa shape index (κ3) is 8.30. The lowest BCUT2D eigenvalue weighted by atomic mass is 10.1. The highest BCUT2D eigenvalue weighted by atomic mass is 35.5. The molecule has 0 bridgehead atoms. The van der Waals surface area contributed by atoms with Crippen LogP contribution in [0.5, 0.6) is 5.75 Å². The quantitative estimate of drug-likeness (QED) is 0.219. The second-order valence-electron chi connectivity index (χ2n) is 8.99. The number of nitrogens with zero attached hydrogens (tertiary/aromatic N) is 2. The number of ether oxygens (including phenoxy) is 1. The average Bonchev–Trinajstić information content (AvgIpc) is 3.19. The van der Waals surface area contributed by atoms with E-state index in [1.54, 1.807) is 35.9 Å². The molecule has 0 saturated carbocycles. The molecule has 3 aromatic carbocycles. The zero-order valence-electron chi connectivity index (χ0n) is 23.1. The van der Waals surface area contributed by atoms with Gasteiger partial charge in [0.15, 0.2) is 0 Å². The lowest BCUT2D eigenvalue weighted by Crippen LogP contribution is -2.21. The van der Waals surface area contributed by atoms with Crippen LogP contribution in [0.15, 0.2) is 66.7 Å². The minimum absolute atomic E-state index is 0.119. The van der Waals surface area contributed by atoms with E-state index in [0.717, 1.165) is 40.9 Å². The largest absolute Gasteiger partial charge is 0.497 e. The lowest BCUT2D eigenvalue weighted by Gasteiger charge is -2.21. The van der Waals surface area contributed by atoms with Gasteiger partial charge in [-0.2, -0.15) is 8.42 Å². The molecule has 10 nitrogen and oxygen atoms in total. The third-order valence-electron chi connectivity index (χ3n) is 6.45. The number of hydrogen-bond donors (Lipinski definition) is 3. The molecule has 1 heterocycles. The number of hydrogen-bond acceptors (Lipinski definition) is 6. The van der Waals surface area contributed by atoms with E-state index in [9.17, 15) is 9.59 Å². The molecule has 0 atom stereocenters. The summed E-state index contributed by atoms with van der Waals surface area (Å²) in [6.45, 7) is 7.94. The van der Waals surface area contributed by atoms with E-state index in [-0.39, 0.29) is 18.2 Å². The van der Waals surface area contributed by atoms with Crippen molar-refractivity contribution in [2.24, 2.45) is 0 Å². The van der Waals surface area contributed by atoms with Crippen molar-refractivity contribution in [2.75, 3.05) is 30.4 Å². The van der Waals surface area contributed by atoms with Gasteiger partial charge in [0.05, 0.1) is 19.0 Å². The predicted octanol–water partition coefficient (Wildman–Crippen LogP) is 5.67. The minimum Gasteiger partial charge on any atom is -0.497 e. The average molecular weight is 602 g/mol. The number of aromatic nitrogens is 1. The number of benzene rings is 3. The summed E-state index contributed by atoms with van der Waals surface area (Å²) < 4.78 is 38.7. The maximum absolute atomic E-state index is 13.5. The standard InChI is InChI=1S/C29H30ClN3O3.H2O4S/c1-5-32(6-2)23-13-11-22(12-14-23)31-28(34)18-25-19(3)33(27-16-15-24(36-4)17-26(25)27)29(35)20-7-9-21(30)10-8-20;1-5(2,3)4/h7-17H,5-6,18H2,1-4H3,(H,31,34);(H2,1,2,3,4). The van der Waals surface area contributed by atoms with Crippen LogP contribution < -0.4 is 15.0 Å². The summed E-state index contributed by atoms with van der Waals surface area (Å²) in [4.78, 5) is 28.8. The second-order valence-corrected chi connectivity index (χ2v) is 10.3. The summed E-state index contributed by atoms with van der Waals surface area (Å²) in [6, 6.07) is 20.2. The lowest BCUT2D eigenvalue weighted by molar-refractivity contribution is -0.115. The molecule has 218 valence electrons. The van der Waals surface area contributed by atoms with Gasteiger partial charge in [-0.25, -0.2) is 0 Å². The highest BCUT2D eigenvalue weighted by Crippen LogP contribution is 2.31. The van der Waals surface area contributed by atoms with Gasteiger partial charge in [0.1, 0.15) is 5.75 Å². The number of fused-ring (bicyclic) bond motifs is 1. The van der Waals surface area contributed by atoms with Crippen LogP contribution in [0.3, 0.4) is 0 Å². The van der Waals surface area contributed by atoms with E-state index in [2.05, 4.69) is 24.1 Å². The summed E-state index contributed by atoms with van der Waals surface area (Å²) in [5, 5.41) is 4.36. The van der Waals surface area contributed by atoms with Gasteiger partial charge in [-0.3, -0.25) is 23.3 Å². The topological polar surface area (TPSA) is 138 Å². The second kappa shape index (κ2) is 13.6. The van der Waals surface area contributed by atoms with Crippen LogP contribution in [0, 0.1) is 6.92 Å². The Morgan fingerprint density at radius 3 is 2.10 bits per heavy atom. The molecule has 0 saturated heterocycles. The van der Waals surface area contributed by atoms with Crippen molar-refractivity contribution < 1.29 is 31.8 Å². The molecule has 0 spiro atoms. The molecule has 12 heteroatoms. The minimum atomic E-state index is -4.67. The SMILES string of the molecule is CCN(CC)c1ccc(NC(=O)Cc2c(C)n(C(=O)c3ccc(Cl)cc3)c3ccc(OC)cc23)cc1.O=S(=O)(O)O. The normalized spacial score (nSPS) is 11.0. The number of carbonyl (C=O) groups is 2. The number of halogens is 1. The Balaban J connectivity index is 0.000000850. The molecule has 0 fully saturated rings. The van der Waals surface area contributed by atoms with E-state index in [1.807, 2.05) is 49.4 Å². The molecule has 0 aliphatic carbocycles. The van der Waals surface area contributed by atoms with Crippen LogP contribution >= 0.6 is 11.6 Å². The summed E-state index contributed by atoms with van der Waals surface area (Å²) >= 11 is 6.01. The zero-order chi connectivity index (χ0) is 30.3. The summed E-state index contributed by atoms with van der Waals surface area (Å²) in [5.41, 5.74) is 4.57. The maximum Gasteiger partial charge on any atom is 0.394 e. The predicted molar refractivity (Wildman–Crippen MR) is 161 cm³/mol. The Hall–Kier alpha value is -3.90. The first kappa shape index (κ1) is 31.6. The molecule has 0 unspecified atom stereocenters. The fourth-order valence-electron chi connectivity index (χ4n) is 4.51. The fourth-order valence-corrected chi connectivity index (χ4v) is 4.63. The van der Waals surface area contributed by atoms with Gasteiger partial charge in [-0.15, -0.1) is 0 Å². The van der Waals surface area contributed by atoms with Gasteiger partial charge in [0.25, 0.3) is 5.91 Å². The molecular formula is C29H32ClN3O7S. The Morgan fingerprint density at radius 1 is 0.976 bits per heavy atom. The first-order chi connectivity index (χ1) is 19.4. The molecule has 0 aliphatic heterocycles. The van der Waals surface area contributed by atoms with Crippen LogP contribution in [-0.4, -0.2) is 54.1 Å². The first-order valence-electron chi connectivity index (χ1n) is 12.7. The van der Waals surface area contributed by atoms with Crippen molar-refractivity contribution in [1.82, 2.24) is 4.57 Å². The number of carbonyl (C=O) groups excluding carboxylic acids is 2. The smallest absolute Gasteiger partial charge is 0.394 e. The number of rotatable bonds is 8. The van der Waals surface area contributed by atoms with Crippen LogP contribution in [0.2, 0.25) is 5.02 Å². The van der Waals surface area contributed by atoms with Gasteiger partial charge >= 0.3 is 10.4 Å². The first-order valence-corrected chi connectivity index (χ1v) is 14.5. The zero-order valence-corrected chi connectivity index (χ0v) is 24.7. The monoisotopic (exact) mass is 601 g/mol. The van der Waals surface area contributed by atoms with Crippen molar-refractivity contribution >= 4 is 56.1 Å². The van der Waals surface area contributed by atoms with E-state index < -0.39 is 10.4 Å². The molecule has 4 aromatic rings. The van der Waals surface area contributed by atoms with Gasteiger partial charge < -0.3 is 15.0 Å². The van der Waals surface area contributed by atoms with Crippen molar-refractivity contribution in [1.29, 1.82) is 0 Å². The Morgan fingerprint density at radius 2 is 1.56 bits per heavy atom. The van der Waals surface area contributed by atoms with E-state index in [0.29, 0.717) is 22.0 Å². The molecule has 0 aliphatic rings. The van der Waals surface area contributed by atoms with Crippen molar-refractivity contribution in [3.63, 3.8) is 0 Å². The molecule has 1 aromatic heterocycles. The van der Waals surface area contributed by atoms with E-state index in [1.165, 1.54) is 0 Å². The fraction of sp³-hybridized carbons (Fsp3) is 0.241. The summed E-state index contributed by atoms with van der Waals surface area (Å²) in [6.07, 6.45) is 0.119. The third-order valence-corrected chi connectivity index (χ3v) is 6.71. The Labute approximate surface area is 244 Å². The number of nitrogens with one attached hydrogen (secondary N) is 1. The highest BCUT2D eigenvalue weighted by molar-refractivity contribution is 7.79. The Kier molecular flexibility index (Phi) is 10.5. The van der Waals surface area contributed by atoms with Crippen molar-refractivity contribution in [3.05, 3.63) is 88.6 Å². The number of methoxy groups -OCH3 is 1. The number of amides is 1. The summed E-state index contributed by atoms with van der Waals surface area (Å²) in [5.74, 6) is 0.319. The van der Waals surface area contributed by atoms with Crippen LogP contribution in [0.25, 0.3) is 10.9 Å². The van der Waals surface area contributed by atoms with Gasteiger partial charge in [-0.1, -0.05) is 11.6 Å². The van der Waals surface area contributed by atoms with Crippen molar-refractivity contribution in [2.45, 2.75) is 27.2 Å². The van der Waals surface area contributed by atoms with Crippen LogP contribution in [0.1, 0.15) is 35.5 Å². The molecule has 4 rings (SSSR count). The molecule has 41 heavy (non-hydrogen) atoms. The molecular weight excluding hydrogens is 570 g/mol. The van der Waals surface area contributed by atoms with Crippen molar-refractivity contribution in [3.8, 4) is 5.75 Å². The van der Waals surface area contributed by atoms with E-state index >= 15 is 0 Å². The van der Waals surface area contributed by atoms with Gasteiger partial charge in [0, 0.05) is 46.1 Å². The molecule has 0 radical (unpaired) electrons. The summed E-state index contributed by atoms with van der Waals surface area (Å²) in [7, 11) is -3.07. The Bertz CT molecular complexity index is 1620. The maximum atomic E-state index is 13.5. The van der Waals surface area contributed by atoms with Crippen LogP contribution in [-0.2, 0) is 21.6 Å². The van der Waals surface area contributed by atoms with E-state index in [4.69, 9.17) is 33.9 Å². The van der Waals surface area contributed by atoms with Gasteiger partial charge in [0.2, 0.25) is 5.91 Å². The van der Waals surface area contributed by atoms with Crippen LogP contribution in [0.4, 0.5) is 11.4 Å². The number of anilines is 2. The molecule has 3 N–H and O–H groups in total. The molecule has 1 amide bonds. The highest BCUT2D eigenvalue weighted by Gasteiger charge is 2.22.